The SMILES string of the molecule is CCc1c2c(CC)c(CN[C@H]3CCCC[C@@H]3N)c(CC)c1CN[C@H]1CCCC[C@@H]1NCc1ccc([nH]1)CN[C@H]1CCCC[C@@H]1NC2. The van der Waals surface area contributed by atoms with E-state index in [-0.39, 0.29) is 6.04 Å². The van der Waals surface area contributed by atoms with E-state index in [2.05, 4.69) is 64.5 Å². The minimum absolute atomic E-state index is 0.274. The second-order valence-electron chi connectivity index (χ2n) is 14.9. The van der Waals surface area contributed by atoms with Crippen LogP contribution in [0, 0.1) is 0 Å². The highest BCUT2D eigenvalue weighted by atomic mass is 15.1. The van der Waals surface area contributed by atoms with Crippen molar-refractivity contribution in [3.8, 4) is 0 Å². The molecule has 7 nitrogen and oxygen atoms in total. The quantitative estimate of drug-likeness (QED) is 0.219. The van der Waals surface area contributed by atoms with Gasteiger partial charge < -0.3 is 37.3 Å². The van der Waals surface area contributed by atoms with Crippen LogP contribution < -0.4 is 32.3 Å². The van der Waals surface area contributed by atoms with Crippen LogP contribution in [0.2, 0.25) is 0 Å². The molecule has 4 bridgehead atoms. The number of benzene rings is 1. The molecule has 3 fully saturated rings. The molecule has 256 valence electrons. The molecule has 1 aliphatic heterocycles. The van der Waals surface area contributed by atoms with Crippen LogP contribution in [0.15, 0.2) is 12.1 Å². The zero-order chi connectivity index (χ0) is 31.9. The van der Waals surface area contributed by atoms with E-state index in [1.54, 1.807) is 33.4 Å². The Kier molecular flexibility index (Phi) is 12.3. The summed E-state index contributed by atoms with van der Waals surface area (Å²) in [4.78, 5) is 3.72. The largest absolute Gasteiger partial charge is 0.360 e. The lowest BCUT2D eigenvalue weighted by atomic mass is 9.82. The van der Waals surface area contributed by atoms with Crippen LogP contribution >= 0.6 is 0 Å². The van der Waals surface area contributed by atoms with Crippen LogP contribution in [-0.4, -0.2) is 41.2 Å². The molecule has 6 atom stereocenters. The third-order valence-corrected chi connectivity index (χ3v) is 12.1. The van der Waals surface area contributed by atoms with Crippen LogP contribution in [0.1, 0.15) is 143 Å². The Morgan fingerprint density at radius 2 is 1.00 bits per heavy atom. The van der Waals surface area contributed by atoms with Crippen LogP contribution in [0.25, 0.3) is 0 Å². The molecule has 0 amide bonds. The number of H-pyrrole nitrogens is 1. The molecular weight excluding hydrogens is 566 g/mol. The van der Waals surface area contributed by atoms with E-state index in [0.29, 0.717) is 30.2 Å². The maximum Gasteiger partial charge on any atom is 0.0360 e. The molecule has 4 aliphatic rings. The second-order valence-corrected chi connectivity index (χ2v) is 14.9. The van der Waals surface area contributed by atoms with Crippen LogP contribution in [-0.2, 0) is 52.0 Å². The van der Waals surface area contributed by atoms with Gasteiger partial charge in [-0.25, -0.2) is 0 Å². The Morgan fingerprint density at radius 1 is 0.565 bits per heavy atom. The predicted octanol–water partition coefficient (Wildman–Crippen LogP) is 5.76. The Morgan fingerprint density at radius 3 is 1.46 bits per heavy atom. The van der Waals surface area contributed by atoms with Crippen LogP contribution in [0.5, 0.6) is 0 Å². The molecule has 0 unspecified atom stereocenters. The van der Waals surface area contributed by atoms with Crippen molar-refractivity contribution in [3.05, 3.63) is 56.9 Å². The third-order valence-electron chi connectivity index (χ3n) is 12.1. The maximum atomic E-state index is 6.66. The Bertz CT molecular complexity index is 1180. The van der Waals surface area contributed by atoms with Crippen molar-refractivity contribution in [2.24, 2.45) is 5.73 Å². The molecule has 3 aliphatic carbocycles. The number of fused-ring (bicyclic) bond motifs is 6. The summed E-state index contributed by atoms with van der Waals surface area (Å²) in [5.41, 5.74) is 18.8. The molecule has 8 N–H and O–H groups in total. The number of hydrogen-bond donors (Lipinski definition) is 7. The number of rotatable bonds is 6. The average Bonchev–Trinajstić information content (AvgIpc) is 3.55. The van der Waals surface area contributed by atoms with Gasteiger partial charge in [0.15, 0.2) is 0 Å². The lowest BCUT2D eigenvalue weighted by Crippen LogP contribution is -2.50. The zero-order valence-corrected chi connectivity index (χ0v) is 29.3. The normalized spacial score (nSPS) is 29.7. The highest BCUT2D eigenvalue weighted by Gasteiger charge is 2.30. The molecule has 1 aromatic carbocycles. The number of aromatic amines is 1. The lowest BCUT2D eigenvalue weighted by molar-refractivity contribution is 0.277. The average molecular weight is 632 g/mol. The lowest BCUT2D eigenvalue weighted by Gasteiger charge is -2.36. The van der Waals surface area contributed by atoms with Crippen molar-refractivity contribution in [1.29, 1.82) is 0 Å². The van der Waals surface area contributed by atoms with E-state index >= 15 is 0 Å². The van der Waals surface area contributed by atoms with Crippen molar-refractivity contribution < 1.29 is 0 Å². The summed E-state index contributed by atoms with van der Waals surface area (Å²) in [7, 11) is 0. The molecule has 0 radical (unpaired) electrons. The summed E-state index contributed by atoms with van der Waals surface area (Å²) < 4.78 is 0. The zero-order valence-electron chi connectivity index (χ0n) is 29.3. The van der Waals surface area contributed by atoms with Crippen LogP contribution in [0.4, 0.5) is 0 Å². The molecule has 46 heavy (non-hydrogen) atoms. The van der Waals surface area contributed by atoms with Gasteiger partial charge in [0, 0.05) is 80.4 Å². The fourth-order valence-corrected chi connectivity index (χ4v) is 9.54. The first-order chi connectivity index (χ1) is 22.6. The van der Waals surface area contributed by atoms with Crippen molar-refractivity contribution in [2.45, 2.75) is 186 Å². The molecule has 3 saturated carbocycles. The number of nitrogens with two attached hydrogens (primary N) is 1. The first-order valence-corrected chi connectivity index (χ1v) is 19.4. The van der Waals surface area contributed by atoms with Crippen LogP contribution in [0.3, 0.4) is 0 Å². The maximum absolute atomic E-state index is 6.66. The van der Waals surface area contributed by atoms with Gasteiger partial charge in [0.2, 0.25) is 0 Å². The van der Waals surface area contributed by atoms with E-state index < -0.39 is 0 Å². The summed E-state index contributed by atoms with van der Waals surface area (Å²) in [5.74, 6) is 0. The van der Waals surface area contributed by atoms with Gasteiger partial charge in [-0.15, -0.1) is 0 Å². The van der Waals surface area contributed by atoms with Gasteiger partial charge in [-0.1, -0.05) is 59.3 Å². The molecule has 2 heterocycles. The standard InChI is InChI=1S/C39H65N7/c1-4-28-31(23-43-35-14-8-7-13-34(35)40)29(5-2)33-25-45-39-18-12-10-16-37(39)42-22-27-20-19-26(46-27)21-41-36-15-9-11-17-38(36)44-24-32(28)30(33)6-3/h19-20,34-39,41-46H,4-18,21-25,40H2,1-3H3/t34-,35-,36-,37-,38-,39-/m0/s1. The molecule has 7 heteroatoms. The van der Waals surface area contributed by atoms with E-state index in [0.717, 1.165) is 58.4 Å². The fourth-order valence-electron chi connectivity index (χ4n) is 9.54. The fraction of sp³-hybridized carbons (Fsp3) is 0.744. The summed E-state index contributed by atoms with van der Waals surface area (Å²) in [6.07, 6.45) is 18.4. The monoisotopic (exact) mass is 632 g/mol. The summed E-state index contributed by atoms with van der Waals surface area (Å²) in [6, 6.07) is 7.26. The van der Waals surface area contributed by atoms with Crippen molar-refractivity contribution in [1.82, 2.24) is 31.6 Å². The first-order valence-electron chi connectivity index (χ1n) is 19.4. The minimum atomic E-state index is 0.274. The van der Waals surface area contributed by atoms with Crippen molar-refractivity contribution in [2.75, 3.05) is 0 Å². The number of aromatic nitrogens is 1. The van der Waals surface area contributed by atoms with Gasteiger partial charge in [0.25, 0.3) is 0 Å². The van der Waals surface area contributed by atoms with E-state index in [9.17, 15) is 0 Å². The molecule has 1 aromatic heterocycles. The molecule has 6 rings (SSSR count). The molecule has 2 aromatic rings. The van der Waals surface area contributed by atoms with E-state index in [4.69, 9.17) is 5.73 Å². The third kappa shape index (κ3) is 7.93. The van der Waals surface area contributed by atoms with Gasteiger partial charge in [-0.3, -0.25) is 0 Å². The van der Waals surface area contributed by atoms with Gasteiger partial charge in [0.1, 0.15) is 0 Å². The van der Waals surface area contributed by atoms with E-state index in [1.807, 2.05) is 0 Å². The van der Waals surface area contributed by atoms with Gasteiger partial charge in [0.05, 0.1) is 0 Å². The number of nitrogens with one attached hydrogen (secondary N) is 6. The smallest absolute Gasteiger partial charge is 0.0360 e. The Hall–Kier alpha value is -1.74. The first kappa shape index (κ1) is 34.1. The molecular formula is C39H65N7. The van der Waals surface area contributed by atoms with Crippen molar-refractivity contribution >= 4 is 0 Å². The predicted molar refractivity (Wildman–Crippen MR) is 192 cm³/mol. The minimum Gasteiger partial charge on any atom is -0.360 e. The highest BCUT2D eigenvalue weighted by Crippen LogP contribution is 2.33. The summed E-state index contributed by atoms with van der Waals surface area (Å²) >= 11 is 0. The topological polar surface area (TPSA) is 102 Å². The van der Waals surface area contributed by atoms with Gasteiger partial charge in [-0.05, 0) is 103 Å². The highest BCUT2D eigenvalue weighted by molar-refractivity contribution is 5.53. The second kappa shape index (κ2) is 16.6. The van der Waals surface area contributed by atoms with E-state index in [1.165, 1.54) is 82.0 Å². The number of hydrogen-bond acceptors (Lipinski definition) is 6. The van der Waals surface area contributed by atoms with Crippen molar-refractivity contribution in [3.63, 3.8) is 0 Å². The Labute approximate surface area is 279 Å². The molecule has 0 saturated heterocycles. The van der Waals surface area contributed by atoms with Gasteiger partial charge >= 0.3 is 0 Å². The van der Waals surface area contributed by atoms with Gasteiger partial charge in [-0.2, -0.15) is 0 Å². The Balaban J connectivity index is 1.37. The summed E-state index contributed by atoms with van der Waals surface area (Å²) in [6.45, 7) is 11.8. The summed E-state index contributed by atoms with van der Waals surface area (Å²) in [5, 5.41) is 20.3. The molecule has 0 spiro atoms.